The second kappa shape index (κ2) is 8.19. The second-order valence-electron chi connectivity index (χ2n) is 4.27. The molecule has 0 heterocycles. The van der Waals surface area contributed by atoms with Crippen LogP contribution in [-0.2, 0) is 14.3 Å². The minimum Gasteiger partial charge on any atom is -0.484 e. The van der Waals surface area contributed by atoms with E-state index in [1.54, 1.807) is 6.92 Å². The molecule has 0 spiro atoms. The number of amides is 1. The van der Waals surface area contributed by atoms with Crippen LogP contribution in [0.25, 0.3) is 0 Å². The number of benzene rings is 1. The molecule has 1 amide bonds. The zero-order chi connectivity index (χ0) is 15.0. The molecule has 1 aromatic rings. The molecule has 0 aliphatic rings. The number of para-hydroxylation sites is 1. The van der Waals surface area contributed by atoms with Gasteiger partial charge in [0.05, 0.1) is 6.61 Å². The van der Waals surface area contributed by atoms with Crippen LogP contribution in [0.1, 0.15) is 19.4 Å². The zero-order valence-corrected chi connectivity index (χ0v) is 12.2. The van der Waals surface area contributed by atoms with Gasteiger partial charge in [-0.15, -0.1) is 0 Å². The van der Waals surface area contributed by atoms with Gasteiger partial charge < -0.3 is 14.4 Å². The molecule has 0 fully saturated rings. The lowest BCUT2D eigenvalue weighted by molar-refractivity contribution is -0.149. The first kappa shape index (κ1) is 16.0. The number of aryl methyl sites for hydroxylation is 1. The highest BCUT2D eigenvalue weighted by atomic mass is 16.5. The van der Waals surface area contributed by atoms with Crippen LogP contribution in [0.3, 0.4) is 0 Å². The monoisotopic (exact) mass is 279 g/mol. The van der Waals surface area contributed by atoms with Gasteiger partial charge >= 0.3 is 5.97 Å². The fourth-order valence-corrected chi connectivity index (χ4v) is 1.69. The Morgan fingerprint density at radius 1 is 1.20 bits per heavy atom. The summed E-state index contributed by atoms with van der Waals surface area (Å²) in [5, 5.41) is 0. The summed E-state index contributed by atoms with van der Waals surface area (Å²) < 4.78 is 10.3. The quantitative estimate of drug-likeness (QED) is 0.714. The number of ether oxygens (including phenoxy) is 2. The SMILES string of the molecule is CCOC(=O)CN(CC)C(=O)COc1ccccc1C. The number of likely N-dealkylation sites (N-methyl/N-ethyl adjacent to an activating group) is 1. The van der Waals surface area contributed by atoms with Gasteiger partial charge in [-0.25, -0.2) is 0 Å². The number of hydrogen-bond donors (Lipinski definition) is 0. The summed E-state index contributed by atoms with van der Waals surface area (Å²) >= 11 is 0. The Bertz CT molecular complexity index is 459. The van der Waals surface area contributed by atoms with Gasteiger partial charge in [0.25, 0.3) is 5.91 Å². The molecule has 0 aromatic heterocycles. The van der Waals surface area contributed by atoms with Crippen molar-refractivity contribution in [3.63, 3.8) is 0 Å². The van der Waals surface area contributed by atoms with Gasteiger partial charge in [0, 0.05) is 6.54 Å². The minimum absolute atomic E-state index is 0.0414. The molecule has 0 aliphatic heterocycles. The Balaban J connectivity index is 2.51. The molecule has 0 saturated carbocycles. The molecule has 0 bridgehead atoms. The molecule has 110 valence electrons. The summed E-state index contributed by atoms with van der Waals surface area (Å²) in [5.41, 5.74) is 0.966. The van der Waals surface area contributed by atoms with Gasteiger partial charge in [-0.3, -0.25) is 9.59 Å². The van der Waals surface area contributed by atoms with E-state index in [-0.39, 0.29) is 19.1 Å². The molecular weight excluding hydrogens is 258 g/mol. The van der Waals surface area contributed by atoms with Crippen molar-refractivity contribution in [1.82, 2.24) is 4.90 Å². The van der Waals surface area contributed by atoms with E-state index in [0.717, 1.165) is 5.56 Å². The molecule has 20 heavy (non-hydrogen) atoms. The largest absolute Gasteiger partial charge is 0.484 e. The molecule has 0 unspecified atom stereocenters. The van der Waals surface area contributed by atoms with E-state index in [2.05, 4.69) is 0 Å². The lowest BCUT2D eigenvalue weighted by Gasteiger charge is -2.20. The fourth-order valence-electron chi connectivity index (χ4n) is 1.69. The fraction of sp³-hybridized carbons (Fsp3) is 0.467. The zero-order valence-electron chi connectivity index (χ0n) is 12.2. The van der Waals surface area contributed by atoms with Crippen molar-refractivity contribution < 1.29 is 19.1 Å². The number of hydrogen-bond acceptors (Lipinski definition) is 4. The number of carbonyl (C=O) groups is 2. The van der Waals surface area contributed by atoms with E-state index in [1.165, 1.54) is 4.90 Å². The van der Waals surface area contributed by atoms with Crippen LogP contribution in [-0.4, -0.2) is 43.1 Å². The van der Waals surface area contributed by atoms with E-state index in [0.29, 0.717) is 18.9 Å². The molecule has 1 aromatic carbocycles. The Hall–Kier alpha value is -2.04. The van der Waals surface area contributed by atoms with Crippen molar-refractivity contribution in [3.05, 3.63) is 29.8 Å². The number of esters is 1. The highest BCUT2D eigenvalue weighted by molar-refractivity contribution is 5.83. The molecule has 0 aliphatic carbocycles. The van der Waals surface area contributed by atoms with Crippen molar-refractivity contribution in [2.45, 2.75) is 20.8 Å². The van der Waals surface area contributed by atoms with Crippen LogP contribution < -0.4 is 4.74 Å². The Kier molecular flexibility index (Phi) is 6.56. The van der Waals surface area contributed by atoms with Crippen molar-refractivity contribution >= 4 is 11.9 Å². The minimum atomic E-state index is -0.404. The summed E-state index contributed by atoms with van der Waals surface area (Å²) in [5.74, 6) is 0.0374. The Morgan fingerprint density at radius 3 is 2.50 bits per heavy atom. The lowest BCUT2D eigenvalue weighted by Crippen LogP contribution is -2.39. The second-order valence-corrected chi connectivity index (χ2v) is 4.27. The van der Waals surface area contributed by atoms with Gasteiger partial charge in [-0.05, 0) is 32.4 Å². The lowest BCUT2D eigenvalue weighted by atomic mass is 10.2. The summed E-state index contributed by atoms with van der Waals surface area (Å²) in [4.78, 5) is 24.8. The van der Waals surface area contributed by atoms with Crippen molar-refractivity contribution in [3.8, 4) is 5.75 Å². The topological polar surface area (TPSA) is 55.8 Å². The summed E-state index contributed by atoms with van der Waals surface area (Å²) in [7, 11) is 0. The van der Waals surface area contributed by atoms with Gasteiger partial charge in [0.15, 0.2) is 6.61 Å². The standard InChI is InChI=1S/C15H21NO4/c1-4-16(10-15(18)19-5-2)14(17)11-20-13-9-7-6-8-12(13)3/h6-9H,4-5,10-11H2,1-3H3. The predicted molar refractivity (Wildman–Crippen MR) is 75.6 cm³/mol. The predicted octanol–water partition coefficient (Wildman–Crippen LogP) is 1.79. The average molecular weight is 279 g/mol. The Morgan fingerprint density at radius 2 is 1.90 bits per heavy atom. The third kappa shape index (κ3) is 4.91. The van der Waals surface area contributed by atoms with Gasteiger partial charge in [0.2, 0.25) is 0 Å². The van der Waals surface area contributed by atoms with Crippen LogP contribution in [0.2, 0.25) is 0 Å². The first-order valence-corrected chi connectivity index (χ1v) is 6.70. The van der Waals surface area contributed by atoms with Gasteiger partial charge in [0.1, 0.15) is 12.3 Å². The molecular formula is C15H21NO4. The van der Waals surface area contributed by atoms with Gasteiger partial charge in [-0.2, -0.15) is 0 Å². The number of nitrogens with zero attached hydrogens (tertiary/aromatic N) is 1. The van der Waals surface area contributed by atoms with Gasteiger partial charge in [-0.1, -0.05) is 18.2 Å². The van der Waals surface area contributed by atoms with E-state index < -0.39 is 5.97 Å². The van der Waals surface area contributed by atoms with Crippen molar-refractivity contribution in [1.29, 1.82) is 0 Å². The van der Waals surface area contributed by atoms with Crippen LogP contribution >= 0.6 is 0 Å². The first-order valence-electron chi connectivity index (χ1n) is 6.70. The van der Waals surface area contributed by atoms with Crippen LogP contribution in [0, 0.1) is 6.92 Å². The first-order chi connectivity index (χ1) is 9.58. The molecule has 5 heteroatoms. The van der Waals surface area contributed by atoms with E-state index in [1.807, 2.05) is 38.1 Å². The highest BCUT2D eigenvalue weighted by Gasteiger charge is 2.16. The maximum absolute atomic E-state index is 12.0. The van der Waals surface area contributed by atoms with E-state index >= 15 is 0 Å². The van der Waals surface area contributed by atoms with Crippen LogP contribution in [0.5, 0.6) is 5.75 Å². The summed E-state index contributed by atoms with van der Waals surface area (Å²) in [6, 6.07) is 7.48. The molecule has 0 saturated heterocycles. The molecule has 0 atom stereocenters. The normalized spacial score (nSPS) is 9.95. The van der Waals surface area contributed by atoms with Crippen molar-refractivity contribution in [2.75, 3.05) is 26.3 Å². The summed E-state index contributed by atoms with van der Waals surface area (Å²) in [6.07, 6.45) is 0. The summed E-state index contributed by atoms with van der Waals surface area (Å²) in [6.45, 7) is 6.08. The molecule has 5 nitrogen and oxygen atoms in total. The Labute approximate surface area is 119 Å². The molecule has 0 N–H and O–H groups in total. The van der Waals surface area contributed by atoms with E-state index in [9.17, 15) is 9.59 Å². The highest BCUT2D eigenvalue weighted by Crippen LogP contribution is 2.16. The van der Waals surface area contributed by atoms with Crippen LogP contribution in [0.15, 0.2) is 24.3 Å². The third-order valence-corrected chi connectivity index (χ3v) is 2.80. The average Bonchev–Trinajstić information content (AvgIpc) is 2.44. The third-order valence-electron chi connectivity index (χ3n) is 2.80. The molecule has 0 radical (unpaired) electrons. The maximum atomic E-state index is 12.0. The molecule has 1 rings (SSSR count). The number of carbonyl (C=O) groups excluding carboxylic acids is 2. The van der Waals surface area contributed by atoms with Crippen molar-refractivity contribution in [2.24, 2.45) is 0 Å². The smallest absolute Gasteiger partial charge is 0.325 e. The van der Waals surface area contributed by atoms with Crippen LogP contribution in [0.4, 0.5) is 0 Å². The number of rotatable bonds is 7. The maximum Gasteiger partial charge on any atom is 0.325 e. The van der Waals surface area contributed by atoms with E-state index in [4.69, 9.17) is 9.47 Å².